The van der Waals surface area contributed by atoms with Gasteiger partial charge in [-0.25, -0.2) is 4.79 Å². The topological polar surface area (TPSA) is 26.3 Å². The van der Waals surface area contributed by atoms with Crippen LogP contribution in [0.25, 0.3) is 0 Å². The minimum Gasteiger partial charge on any atom is -0.465 e. The minimum absolute atomic E-state index is 0.178. The second-order valence-corrected chi connectivity index (χ2v) is 6.32. The Morgan fingerprint density at radius 2 is 1.78 bits per heavy atom. The molecule has 0 aromatic carbocycles. The molecule has 0 aliphatic heterocycles. The molecule has 0 heterocycles. The molecule has 0 radical (unpaired) electrons. The third-order valence-corrected chi connectivity index (χ3v) is 3.90. The molecule has 0 saturated carbocycles. The fourth-order valence-electron chi connectivity index (χ4n) is 1.76. The molecule has 0 fully saturated rings. The number of esters is 1. The van der Waals surface area contributed by atoms with Crippen LogP contribution in [0.3, 0.4) is 0 Å². The maximum atomic E-state index is 13.3. The van der Waals surface area contributed by atoms with Crippen LogP contribution in [0.5, 0.6) is 0 Å². The molecule has 18 heavy (non-hydrogen) atoms. The van der Waals surface area contributed by atoms with Crippen molar-refractivity contribution < 1.29 is 18.3 Å². The zero-order valence-electron chi connectivity index (χ0n) is 11.2. The van der Waals surface area contributed by atoms with E-state index in [0.717, 1.165) is 26.4 Å². The van der Waals surface area contributed by atoms with Gasteiger partial charge in [-0.05, 0) is 6.42 Å². The molecule has 1 unspecified atom stereocenters. The molecular formula is C13H23F2IO2. The van der Waals surface area contributed by atoms with Gasteiger partial charge in [0.15, 0.2) is 0 Å². The summed E-state index contributed by atoms with van der Waals surface area (Å²) in [5.41, 5.74) is 0. The van der Waals surface area contributed by atoms with Crippen LogP contribution in [0.4, 0.5) is 8.78 Å². The van der Waals surface area contributed by atoms with Crippen molar-refractivity contribution in [1.82, 2.24) is 0 Å². The van der Waals surface area contributed by atoms with Gasteiger partial charge in [0.05, 0.1) is 7.11 Å². The summed E-state index contributed by atoms with van der Waals surface area (Å²) in [6, 6.07) is 0. The molecule has 0 rings (SSSR count). The number of carbonyl (C=O) groups excluding carboxylic acids is 1. The van der Waals surface area contributed by atoms with Gasteiger partial charge in [0.25, 0.3) is 0 Å². The lowest BCUT2D eigenvalue weighted by Gasteiger charge is -2.17. The van der Waals surface area contributed by atoms with Crippen molar-refractivity contribution in [3.8, 4) is 0 Å². The smallest absolute Gasteiger partial charge is 0.376 e. The Bertz CT molecular complexity index is 235. The summed E-state index contributed by atoms with van der Waals surface area (Å²) in [5, 5.41) is 0. The Morgan fingerprint density at radius 1 is 1.22 bits per heavy atom. The van der Waals surface area contributed by atoms with Gasteiger partial charge in [-0.3, -0.25) is 0 Å². The molecule has 0 N–H and O–H groups in total. The van der Waals surface area contributed by atoms with Gasteiger partial charge in [-0.1, -0.05) is 68.0 Å². The van der Waals surface area contributed by atoms with E-state index in [0.29, 0.717) is 0 Å². The van der Waals surface area contributed by atoms with Crippen molar-refractivity contribution in [1.29, 1.82) is 0 Å². The normalized spacial score (nSPS) is 13.4. The Kier molecular flexibility index (Phi) is 9.95. The fraction of sp³-hybridized carbons (Fsp3) is 0.923. The lowest BCUT2D eigenvalue weighted by molar-refractivity contribution is -0.169. The number of methoxy groups -OCH3 is 1. The van der Waals surface area contributed by atoms with E-state index in [9.17, 15) is 13.6 Å². The summed E-state index contributed by atoms with van der Waals surface area (Å²) in [7, 11) is 0.992. The average Bonchev–Trinajstić information content (AvgIpc) is 2.31. The van der Waals surface area contributed by atoms with Crippen molar-refractivity contribution in [2.75, 3.05) is 7.11 Å². The SMILES string of the molecule is CCCCCCCCC(I)CC(F)(F)C(=O)OC. The second-order valence-electron chi connectivity index (χ2n) is 4.55. The lowest BCUT2D eigenvalue weighted by Crippen LogP contribution is -2.32. The Hall–Kier alpha value is 0.0600. The van der Waals surface area contributed by atoms with Gasteiger partial charge in [-0.2, -0.15) is 8.78 Å². The molecule has 0 saturated heterocycles. The maximum Gasteiger partial charge on any atom is 0.376 e. The highest BCUT2D eigenvalue weighted by Crippen LogP contribution is 2.28. The van der Waals surface area contributed by atoms with Gasteiger partial charge in [0.2, 0.25) is 0 Å². The van der Waals surface area contributed by atoms with Crippen LogP contribution >= 0.6 is 22.6 Å². The highest BCUT2D eigenvalue weighted by molar-refractivity contribution is 14.1. The Labute approximate surface area is 122 Å². The Balaban J connectivity index is 3.70. The third kappa shape index (κ3) is 8.21. The first-order valence-corrected chi connectivity index (χ1v) is 7.79. The zero-order chi connectivity index (χ0) is 14.0. The van der Waals surface area contributed by atoms with Crippen molar-refractivity contribution >= 4 is 28.6 Å². The number of hydrogen-bond donors (Lipinski definition) is 0. The number of hydrogen-bond acceptors (Lipinski definition) is 2. The van der Waals surface area contributed by atoms with Crippen LogP contribution in [0.2, 0.25) is 0 Å². The standard InChI is InChI=1S/C13H23F2IO2/c1-3-4-5-6-7-8-9-11(16)10-13(14,15)12(17)18-2/h11H,3-10H2,1-2H3. The molecule has 1 atom stereocenters. The van der Waals surface area contributed by atoms with Crippen molar-refractivity contribution in [3.05, 3.63) is 0 Å². The van der Waals surface area contributed by atoms with E-state index in [1.165, 1.54) is 25.7 Å². The average molecular weight is 376 g/mol. The van der Waals surface area contributed by atoms with Gasteiger partial charge in [0.1, 0.15) is 0 Å². The predicted octanol–water partition coefficient (Wildman–Crippen LogP) is 4.74. The summed E-state index contributed by atoms with van der Waals surface area (Å²) in [4.78, 5) is 10.8. The van der Waals surface area contributed by atoms with E-state index >= 15 is 0 Å². The van der Waals surface area contributed by atoms with E-state index in [1.54, 1.807) is 0 Å². The van der Waals surface area contributed by atoms with E-state index < -0.39 is 18.3 Å². The summed E-state index contributed by atoms with van der Waals surface area (Å²) in [6.45, 7) is 2.16. The molecule has 108 valence electrons. The molecule has 0 aliphatic carbocycles. The zero-order valence-corrected chi connectivity index (χ0v) is 13.3. The lowest BCUT2D eigenvalue weighted by atomic mass is 10.1. The van der Waals surface area contributed by atoms with E-state index in [4.69, 9.17) is 0 Å². The van der Waals surface area contributed by atoms with Gasteiger partial charge < -0.3 is 4.74 Å². The molecule has 0 spiro atoms. The fourth-order valence-corrected chi connectivity index (χ4v) is 2.75. The summed E-state index contributed by atoms with van der Waals surface area (Å²) >= 11 is 2.00. The monoisotopic (exact) mass is 376 g/mol. The molecule has 0 aliphatic rings. The molecule has 0 amide bonds. The summed E-state index contributed by atoms with van der Waals surface area (Å²) < 4.78 is 30.4. The van der Waals surface area contributed by atoms with Crippen molar-refractivity contribution in [2.45, 2.75) is 68.1 Å². The predicted molar refractivity (Wildman–Crippen MR) is 77.4 cm³/mol. The molecule has 2 nitrogen and oxygen atoms in total. The second kappa shape index (κ2) is 9.92. The molecule has 0 bridgehead atoms. The highest BCUT2D eigenvalue weighted by atomic mass is 127. The molecule has 5 heteroatoms. The van der Waals surface area contributed by atoms with Crippen LogP contribution in [0.15, 0.2) is 0 Å². The largest absolute Gasteiger partial charge is 0.465 e. The van der Waals surface area contributed by atoms with E-state index in [2.05, 4.69) is 11.7 Å². The van der Waals surface area contributed by atoms with Gasteiger partial charge >= 0.3 is 11.9 Å². The van der Waals surface area contributed by atoms with Gasteiger partial charge in [0, 0.05) is 10.3 Å². The number of alkyl halides is 3. The van der Waals surface area contributed by atoms with Crippen molar-refractivity contribution in [3.63, 3.8) is 0 Å². The van der Waals surface area contributed by atoms with Crippen LogP contribution in [-0.2, 0) is 9.53 Å². The first-order valence-electron chi connectivity index (χ1n) is 6.54. The number of ether oxygens (including phenoxy) is 1. The molecule has 0 aromatic heterocycles. The van der Waals surface area contributed by atoms with E-state index in [-0.39, 0.29) is 3.92 Å². The van der Waals surface area contributed by atoms with Crippen LogP contribution in [0.1, 0.15) is 58.3 Å². The Morgan fingerprint density at radius 3 is 2.33 bits per heavy atom. The number of rotatable bonds is 10. The van der Waals surface area contributed by atoms with Crippen LogP contribution < -0.4 is 0 Å². The van der Waals surface area contributed by atoms with E-state index in [1.807, 2.05) is 22.6 Å². The van der Waals surface area contributed by atoms with Gasteiger partial charge in [-0.15, -0.1) is 0 Å². The molecule has 0 aromatic rings. The third-order valence-electron chi connectivity index (χ3n) is 2.83. The highest BCUT2D eigenvalue weighted by Gasteiger charge is 2.41. The van der Waals surface area contributed by atoms with Crippen LogP contribution in [0, 0.1) is 0 Å². The maximum absolute atomic E-state index is 13.3. The minimum atomic E-state index is -3.34. The first kappa shape index (κ1) is 18.1. The summed E-state index contributed by atoms with van der Waals surface area (Å²) in [5.74, 6) is -4.77. The van der Waals surface area contributed by atoms with Crippen molar-refractivity contribution in [2.24, 2.45) is 0 Å². The molecular weight excluding hydrogens is 353 g/mol. The number of carbonyl (C=O) groups is 1. The summed E-state index contributed by atoms with van der Waals surface area (Å²) in [6.07, 6.45) is 7.20. The number of unbranched alkanes of at least 4 members (excludes halogenated alkanes) is 5. The first-order chi connectivity index (χ1) is 8.44. The quantitative estimate of drug-likeness (QED) is 0.238. The number of halogens is 3. The van der Waals surface area contributed by atoms with Crippen LogP contribution in [-0.4, -0.2) is 22.9 Å².